The zero-order chi connectivity index (χ0) is 20.2. The van der Waals surface area contributed by atoms with E-state index in [0.29, 0.717) is 0 Å². The molecule has 0 N–H and O–H groups in total. The number of aromatic nitrogens is 4. The highest BCUT2D eigenvalue weighted by molar-refractivity contribution is 5.47. The number of tetrazole rings is 1. The van der Waals surface area contributed by atoms with Crippen molar-refractivity contribution in [3.05, 3.63) is 107 Å². The van der Waals surface area contributed by atoms with Gasteiger partial charge in [0.25, 0.3) is 0 Å². The van der Waals surface area contributed by atoms with Gasteiger partial charge in [0, 0.05) is 6.54 Å². The van der Waals surface area contributed by atoms with E-state index in [-0.39, 0.29) is 6.04 Å². The minimum Gasteiger partial charge on any atom is -0.288 e. The molecule has 0 saturated carbocycles. The van der Waals surface area contributed by atoms with Crippen LogP contribution in [0.2, 0.25) is 0 Å². The lowest BCUT2D eigenvalue weighted by molar-refractivity contribution is 0.258. The molecule has 29 heavy (non-hydrogen) atoms. The first-order valence-corrected chi connectivity index (χ1v) is 9.79. The quantitative estimate of drug-likeness (QED) is 0.492. The highest BCUT2D eigenvalue weighted by Crippen LogP contribution is 2.30. The van der Waals surface area contributed by atoms with Crippen LogP contribution in [0.1, 0.15) is 34.1 Å². The van der Waals surface area contributed by atoms with Gasteiger partial charge in [0.1, 0.15) is 0 Å². The van der Waals surface area contributed by atoms with Crippen molar-refractivity contribution in [1.82, 2.24) is 25.1 Å². The summed E-state index contributed by atoms with van der Waals surface area (Å²) in [7, 11) is 2.12. The Balaban J connectivity index is 1.80. The van der Waals surface area contributed by atoms with Crippen LogP contribution in [0, 0.1) is 13.8 Å². The first-order chi connectivity index (χ1) is 14.1. The Hall–Kier alpha value is -3.31. The van der Waals surface area contributed by atoms with Crippen molar-refractivity contribution >= 4 is 0 Å². The number of aryl methyl sites for hydroxylation is 2. The summed E-state index contributed by atoms with van der Waals surface area (Å²) in [6.45, 7) is 4.98. The summed E-state index contributed by atoms with van der Waals surface area (Å²) < 4.78 is 1.89. The second kappa shape index (κ2) is 8.37. The molecule has 0 saturated heterocycles. The molecule has 3 aromatic carbocycles. The number of benzene rings is 3. The summed E-state index contributed by atoms with van der Waals surface area (Å²) >= 11 is 0. The number of hydrogen-bond donors (Lipinski definition) is 0. The molecule has 5 nitrogen and oxygen atoms in total. The third-order valence-corrected chi connectivity index (χ3v) is 5.22. The largest absolute Gasteiger partial charge is 0.288 e. The molecule has 4 aromatic rings. The molecule has 0 radical (unpaired) electrons. The van der Waals surface area contributed by atoms with Crippen LogP contribution >= 0.6 is 0 Å². The second-order valence-corrected chi connectivity index (χ2v) is 7.40. The molecule has 0 bridgehead atoms. The third kappa shape index (κ3) is 3.96. The van der Waals surface area contributed by atoms with E-state index in [1.807, 2.05) is 16.8 Å². The normalized spacial score (nSPS) is 12.3. The van der Waals surface area contributed by atoms with Crippen LogP contribution in [0.5, 0.6) is 0 Å². The van der Waals surface area contributed by atoms with E-state index >= 15 is 0 Å². The van der Waals surface area contributed by atoms with Crippen molar-refractivity contribution < 1.29 is 0 Å². The lowest BCUT2D eigenvalue weighted by Crippen LogP contribution is -2.28. The Labute approximate surface area is 171 Å². The standard InChI is InChI=1S/C24H25N5/c1-18-11-10-12-19(2)22(18)29-24(25-26-27-29)23(21-15-8-5-9-16-21)28(3)17-20-13-6-4-7-14-20/h4-16,23H,17H2,1-3H3/t23-/m0/s1. The van der Waals surface area contributed by atoms with Crippen LogP contribution in [0.25, 0.3) is 5.69 Å². The number of rotatable bonds is 6. The van der Waals surface area contributed by atoms with Crippen molar-refractivity contribution in [2.24, 2.45) is 0 Å². The van der Waals surface area contributed by atoms with E-state index in [1.54, 1.807) is 0 Å². The summed E-state index contributed by atoms with van der Waals surface area (Å²) in [5.41, 5.74) is 5.75. The average molecular weight is 383 g/mol. The van der Waals surface area contributed by atoms with E-state index in [2.05, 4.69) is 108 Å². The highest BCUT2D eigenvalue weighted by Gasteiger charge is 2.27. The molecule has 1 aromatic heterocycles. The molecular weight excluding hydrogens is 358 g/mol. The molecule has 0 aliphatic rings. The zero-order valence-corrected chi connectivity index (χ0v) is 17.0. The van der Waals surface area contributed by atoms with Crippen molar-refractivity contribution in [1.29, 1.82) is 0 Å². The molecule has 0 spiro atoms. The molecule has 4 rings (SSSR count). The van der Waals surface area contributed by atoms with Gasteiger partial charge in [-0.1, -0.05) is 78.9 Å². The van der Waals surface area contributed by atoms with Crippen molar-refractivity contribution in [2.75, 3.05) is 7.05 Å². The van der Waals surface area contributed by atoms with Gasteiger partial charge in [-0.2, -0.15) is 4.68 Å². The predicted molar refractivity (Wildman–Crippen MR) is 115 cm³/mol. The number of para-hydroxylation sites is 1. The van der Waals surface area contributed by atoms with Crippen LogP contribution in [0.4, 0.5) is 0 Å². The molecule has 0 aliphatic heterocycles. The Morgan fingerprint density at radius 1 is 0.828 bits per heavy atom. The smallest absolute Gasteiger partial charge is 0.178 e. The average Bonchev–Trinajstić information content (AvgIpc) is 3.18. The summed E-state index contributed by atoms with van der Waals surface area (Å²) in [5.74, 6) is 0.812. The lowest BCUT2D eigenvalue weighted by atomic mass is 10.0. The number of nitrogens with zero attached hydrogens (tertiary/aromatic N) is 5. The first-order valence-electron chi connectivity index (χ1n) is 9.79. The van der Waals surface area contributed by atoms with Gasteiger partial charge in [-0.05, 0) is 53.6 Å². The molecule has 146 valence electrons. The fourth-order valence-corrected chi connectivity index (χ4v) is 3.86. The van der Waals surface area contributed by atoms with Gasteiger partial charge in [-0.3, -0.25) is 4.90 Å². The topological polar surface area (TPSA) is 46.8 Å². The monoisotopic (exact) mass is 383 g/mol. The van der Waals surface area contributed by atoms with Gasteiger partial charge >= 0.3 is 0 Å². The van der Waals surface area contributed by atoms with E-state index in [0.717, 1.165) is 34.7 Å². The van der Waals surface area contributed by atoms with Gasteiger partial charge in [0.05, 0.1) is 11.7 Å². The molecule has 1 atom stereocenters. The van der Waals surface area contributed by atoms with Gasteiger partial charge in [-0.25, -0.2) is 0 Å². The molecule has 0 aliphatic carbocycles. The SMILES string of the molecule is Cc1cccc(C)c1-n1nnnc1[C@H](c1ccccc1)N(C)Cc1ccccc1. The lowest BCUT2D eigenvalue weighted by Gasteiger charge is -2.28. The Morgan fingerprint density at radius 2 is 1.45 bits per heavy atom. The Kier molecular flexibility index (Phi) is 5.49. The van der Waals surface area contributed by atoms with E-state index in [4.69, 9.17) is 0 Å². The second-order valence-electron chi connectivity index (χ2n) is 7.40. The van der Waals surface area contributed by atoms with Crippen LogP contribution in [0.3, 0.4) is 0 Å². The van der Waals surface area contributed by atoms with Gasteiger partial charge in [0.2, 0.25) is 0 Å². The van der Waals surface area contributed by atoms with Crippen LogP contribution < -0.4 is 0 Å². The maximum Gasteiger partial charge on any atom is 0.178 e. The van der Waals surface area contributed by atoms with Gasteiger partial charge in [-0.15, -0.1) is 5.10 Å². The summed E-state index contributed by atoms with van der Waals surface area (Å²) in [6, 6.07) is 27.1. The van der Waals surface area contributed by atoms with Crippen LogP contribution in [-0.4, -0.2) is 32.2 Å². The Bertz CT molecular complexity index is 1050. The maximum absolute atomic E-state index is 4.47. The Morgan fingerprint density at radius 3 is 2.10 bits per heavy atom. The maximum atomic E-state index is 4.47. The van der Waals surface area contributed by atoms with E-state index < -0.39 is 0 Å². The predicted octanol–water partition coefficient (Wildman–Crippen LogP) is 4.50. The summed E-state index contributed by atoms with van der Waals surface area (Å²) in [4.78, 5) is 2.29. The molecule has 0 amide bonds. The molecule has 0 unspecified atom stereocenters. The van der Waals surface area contributed by atoms with E-state index in [9.17, 15) is 0 Å². The first kappa shape index (κ1) is 19.0. The fraction of sp³-hybridized carbons (Fsp3) is 0.208. The zero-order valence-electron chi connectivity index (χ0n) is 17.0. The van der Waals surface area contributed by atoms with Crippen molar-refractivity contribution in [2.45, 2.75) is 26.4 Å². The fourth-order valence-electron chi connectivity index (χ4n) is 3.86. The summed E-state index contributed by atoms with van der Waals surface area (Å²) in [6.07, 6.45) is 0. The summed E-state index contributed by atoms with van der Waals surface area (Å²) in [5, 5.41) is 12.9. The molecule has 5 heteroatoms. The minimum atomic E-state index is -0.0783. The highest BCUT2D eigenvalue weighted by atomic mass is 15.6. The number of hydrogen-bond acceptors (Lipinski definition) is 4. The van der Waals surface area contributed by atoms with E-state index in [1.165, 1.54) is 5.56 Å². The molecular formula is C24H25N5. The van der Waals surface area contributed by atoms with Crippen molar-refractivity contribution in [3.8, 4) is 5.69 Å². The third-order valence-electron chi connectivity index (χ3n) is 5.22. The van der Waals surface area contributed by atoms with Gasteiger partial charge < -0.3 is 0 Å². The van der Waals surface area contributed by atoms with Crippen LogP contribution in [-0.2, 0) is 6.54 Å². The molecule has 0 fully saturated rings. The minimum absolute atomic E-state index is 0.0783. The van der Waals surface area contributed by atoms with Crippen LogP contribution in [0.15, 0.2) is 78.9 Å². The van der Waals surface area contributed by atoms with Gasteiger partial charge in [0.15, 0.2) is 5.82 Å². The molecule has 1 heterocycles. The van der Waals surface area contributed by atoms with Crippen molar-refractivity contribution in [3.63, 3.8) is 0 Å².